The first kappa shape index (κ1) is 12.5. The Morgan fingerprint density at radius 3 is 2.55 bits per heavy atom. The Kier molecular flexibility index (Phi) is 3.25. The van der Waals surface area contributed by atoms with Crippen molar-refractivity contribution in [1.29, 1.82) is 0 Å². The lowest BCUT2D eigenvalue weighted by Gasteiger charge is -2.05. The van der Waals surface area contributed by atoms with Crippen molar-refractivity contribution in [3.8, 4) is 22.6 Å². The molecule has 0 amide bonds. The van der Waals surface area contributed by atoms with Crippen LogP contribution in [-0.4, -0.2) is 16.7 Å². The topological polar surface area (TPSA) is 27.1 Å². The number of pyridine rings is 1. The Labute approximate surface area is 118 Å². The molecule has 3 rings (SSSR count). The van der Waals surface area contributed by atoms with E-state index in [2.05, 4.69) is 34.9 Å². The third kappa shape index (κ3) is 2.30. The van der Waals surface area contributed by atoms with E-state index in [-0.39, 0.29) is 0 Å². The average molecular weight is 264 g/mol. The molecule has 1 aromatic carbocycles. The Balaban J connectivity index is 1.95. The van der Waals surface area contributed by atoms with Gasteiger partial charge in [-0.05, 0) is 48.9 Å². The number of aryl methyl sites for hydroxylation is 1. The highest BCUT2D eigenvalue weighted by Crippen LogP contribution is 2.24. The predicted octanol–water partition coefficient (Wildman–Crippen LogP) is 3.86. The van der Waals surface area contributed by atoms with E-state index in [0.717, 1.165) is 11.4 Å². The van der Waals surface area contributed by atoms with Crippen LogP contribution < -0.4 is 4.74 Å². The van der Waals surface area contributed by atoms with Gasteiger partial charge in [-0.2, -0.15) is 0 Å². The van der Waals surface area contributed by atoms with Gasteiger partial charge in [0.2, 0.25) is 0 Å². The van der Waals surface area contributed by atoms with Gasteiger partial charge in [-0.25, -0.2) is 0 Å². The number of rotatable bonds is 3. The lowest BCUT2D eigenvalue weighted by atomic mass is 10.1. The van der Waals surface area contributed by atoms with E-state index in [9.17, 15) is 0 Å². The van der Waals surface area contributed by atoms with E-state index in [4.69, 9.17) is 4.74 Å². The van der Waals surface area contributed by atoms with E-state index in [1.165, 1.54) is 16.7 Å². The third-order valence-electron chi connectivity index (χ3n) is 3.41. The molecule has 20 heavy (non-hydrogen) atoms. The van der Waals surface area contributed by atoms with E-state index < -0.39 is 0 Å². The van der Waals surface area contributed by atoms with Gasteiger partial charge in [0.15, 0.2) is 0 Å². The van der Waals surface area contributed by atoms with E-state index in [1.807, 2.05) is 42.7 Å². The van der Waals surface area contributed by atoms with Gasteiger partial charge in [0.05, 0.1) is 7.11 Å². The van der Waals surface area contributed by atoms with E-state index in [0.29, 0.717) is 0 Å². The monoisotopic (exact) mass is 264 g/mol. The normalized spacial score (nSPS) is 10.5. The van der Waals surface area contributed by atoms with Crippen LogP contribution in [0.1, 0.15) is 5.56 Å². The number of methoxy groups -OCH3 is 1. The zero-order valence-corrected chi connectivity index (χ0v) is 11.6. The summed E-state index contributed by atoms with van der Waals surface area (Å²) in [6.45, 7) is 2.10. The molecule has 0 saturated heterocycles. The van der Waals surface area contributed by atoms with Crippen molar-refractivity contribution >= 4 is 0 Å². The van der Waals surface area contributed by atoms with Crippen LogP contribution in [0.25, 0.3) is 16.8 Å². The highest BCUT2D eigenvalue weighted by Gasteiger charge is 2.04. The van der Waals surface area contributed by atoms with Crippen molar-refractivity contribution in [2.24, 2.45) is 0 Å². The summed E-state index contributed by atoms with van der Waals surface area (Å²) in [5.74, 6) is 0.865. The smallest absolute Gasteiger partial charge is 0.119 e. The number of nitrogens with zero attached hydrogens (tertiary/aromatic N) is 2. The van der Waals surface area contributed by atoms with Crippen molar-refractivity contribution in [3.63, 3.8) is 0 Å². The molecule has 0 bridgehead atoms. The number of ether oxygens (including phenoxy) is 1. The average Bonchev–Trinajstić information content (AvgIpc) is 2.97. The van der Waals surface area contributed by atoms with Crippen LogP contribution in [0, 0.1) is 6.92 Å². The van der Waals surface area contributed by atoms with E-state index >= 15 is 0 Å². The maximum atomic E-state index is 5.18. The fourth-order valence-corrected chi connectivity index (χ4v) is 2.24. The molecule has 3 aromatic rings. The second-order valence-electron chi connectivity index (χ2n) is 4.70. The zero-order chi connectivity index (χ0) is 13.9. The summed E-state index contributed by atoms with van der Waals surface area (Å²) in [5, 5.41) is 0. The summed E-state index contributed by atoms with van der Waals surface area (Å²) in [6, 6.07) is 12.1. The Bertz CT molecular complexity index is 714. The van der Waals surface area contributed by atoms with Gasteiger partial charge in [-0.15, -0.1) is 0 Å². The molecule has 2 heterocycles. The van der Waals surface area contributed by atoms with Crippen molar-refractivity contribution in [1.82, 2.24) is 9.55 Å². The summed E-state index contributed by atoms with van der Waals surface area (Å²) in [6.07, 6.45) is 7.90. The fourth-order valence-electron chi connectivity index (χ4n) is 2.24. The molecule has 0 N–H and O–H groups in total. The Morgan fingerprint density at radius 2 is 1.85 bits per heavy atom. The first-order valence-corrected chi connectivity index (χ1v) is 6.51. The minimum atomic E-state index is 0.865. The Hall–Kier alpha value is -2.55. The van der Waals surface area contributed by atoms with Gasteiger partial charge >= 0.3 is 0 Å². The minimum absolute atomic E-state index is 0.865. The zero-order valence-electron chi connectivity index (χ0n) is 11.6. The maximum Gasteiger partial charge on any atom is 0.119 e. The molecule has 0 aliphatic carbocycles. The van der Waals surface area contributed by atoms with Crippen LogP contribution in [0.2, 0.25) is 0 Å². The standard InChI is InChI=1S/C17H16N2O/c1-13-7-9-18-11-17(13)14-8-10-19(12-14)15-3-5-16(20-2)6-4-15/h3-12H,1-2H3. The van der Waals surface area contributed by atoms with Gasteiger partial charge < -0.3 is 9.30 Å². The first-order valence-electron chi connectivity index (χ1n) is 6.51. The number of hydrogen-bond donors (Lipinski definition) is 0. The molecule has 0 spiro atoms. The van der Waals surface area contributed by atoms with Gasteiger partial charge in [0, 0.05) is 41.6 Å². The summed E-state index contributed by atoms with van der Waals surface area (Å²) in [5.41, 5.74) is 4.68. The molecule has 2 aromatic heterocycles. The van der Waals surface area contributed by atoms with Gasteiger partial charge in [0.1, 0.15) is 5.75 Å². The second-order valence-corrected chi connectivity index (χ2v) is 4.70. The summed E-state index contributed by atoms with van der Waals surface area (Å²) in [7, 11) is 1.67. The lowest BCUT2D eigenvalue weighted by molar-refractivity contribution is 0.415. The lowest BCUT2D eigenvalue weighted by Crippen LogP contribution is -1.90. The van der Waals surface area contributed by atoms with Crippen molar-refractivity contribution in [3.05, 3.63) is 66.7 Å². The molecular weight excluding hydrogens is 248 g/mol. The molecule has 0 aliphatic heterocycles. The van der Waals surface area contributed by atoms with Crippen molar-refractivity contribution in [2.45, 2.75) is 6.92 Å². The third-order valence-corrected chi connectivity index (χ3v) is 3.41. The predicted molar refractivity (Wildman–Crippen MR) is 80.3 cm³/mol. The molecular formula is C17H16N2O. The van der Waals surface area contributed by atoms with Gasteiger partial charge in [0.25, 0.3) is 0 Å². The number of benzene rings is 1. The van der Waals surface area contributed by atoms with E-state index in [1.54, 1.807) is 7.11 Å². The van der Waals surface area contributed by atoms with Crippen molar-refractivity contribution in [2.75, 3.05) is 7.11 Å². The molecule has 3 nitrogen and oxygen atoms in total. The minimum Gasteiger partial charge on any atom is -0.497 e. The number of aromatic nitrogens is 2. The molecule has 0 saturated carbocycles. The van der Waals surface area contributed by atoms with Crippen molar-refractivity contribution < 1.29 is 4.74 Å². The van der Waals surface area contributed by atoms with Crippen LogP contribution in [-0.2, 0) is 0 Å². The SMILES string of the molecule is COc1ccc(-n2ccc(-c3cnccc3C)c2)cc1. The summed E-state index contributed by atoms with van der Waals surface area (Å²) < 4.78 is 7.28. The van der Waals surface area contributed by atoms with Crippen LogP contribution >= 0.6 is 0 Å². The van der Waals surface area contributed by atoms with Gasteiger partial charge in [-0.3, -0.25) is 4.98 Å². The molecule has 0 fully saturated rings. The highest BCUT2D eigenvalue weighted by molar-refractivity contribution is 5.66. The number of hydrogen-bond acceptors (Lipinski definition) is 2. The maximum absolute atomic E-state index is 5.18. The van der Waals surface area contributed by atoms with Crippen LogP contribution in [0.15, 0.2) is 61.2 Å². The van der Waals surface area contributed by atoms with Gasteiger partial charge in [-0.1, -0.05) is 0 Å². The molecule has 0 radical (unpaired) electrons. The molecule has 100 valence electrons. The van der Waals surface area contributed by atoms with Crippen LogP contribution in [0.5, 0.6) is 5.75 Å². The van der Waals surface area contributed by atoms with Crippen LogP contribution in [0.4, 0.5) is 0 Å². The summed E-state index contributed by atoms with van der Waals surface area (Å²) >= 11 is 0. The largest absolute Gasteiger partial charge is 0.497 e. The second kappa shape index (κ2) is 5.21. The molecule has 0 atom stereocenters. The quantitative estimate of drug-likeness (QED) is 0.718. The Morgan fingerprint density at radius 1 is 1.05 bits per heavy atom. The first-order chi connectivity index (χ1) is 9.78. The highest BCUT2D eigenvalue weighted by atomic mass is 16.5. The van der Waals surface area contributed by atoms with Crippen LogP contribution in [0.3, 0.4) is 0 Å². The molecule has 0 aliphatic rings. The molecule has 3 heteroatoms. The fraction of sp³-hybridized carbons (Fsp3) is 0.118. The summed E-state index contributed by atoms with van der Waals surface area (Å²) in [4.78, 5) is 4.20. The molecule has 0 unspecified atom stereocenters.